The zero-order valence-electron chi connectivity index (χ0n) is 12.9. The molecular weight excluding hydrogens is 246 g/mol. The van der Waals surface area contributed by atoms with Crippen molar-refractivity contribution in [3.05, 3.63) is 0 Å². The average Bonchev–Trinajstić information content (AvgIpc) is 2.43. The fourth-order valence-corrected chi connectivity index (χ4v) is 1.72. The third-order valence-electron chi connectivity index (χ3n) is 2.95. The number of quaternary nitrogens is 1. The first-order valence-electron chi connectivity index (χ1n) is 7.32. The van der Waals surface area contributed by atoms with Crippen LogP contribution in [0.3, 0.4) is 0 Å². The summed E-state index contributed by atoms with van der Waals surface area (Å²) in [6.45, 7) is 9.79. The SMILES string of the molecule is CCCC[NH+](CCOCCOC)CCOCCOC. The third-order valence-corrected chi connectivity index (χ3v) is 2.95. The van der Waals surface area contributed by atoms with Crippen LogP contribution >= 0.6 is 0 Å². The second-order valence-corrected chi connectivity index (χ2v) is 4.56. The highest BCUT2D eigenvalue weighted by atomic mass is 16.5. The van der Waals surface area contributed by atoms with Crippen LogP contribution in [0.4, 0.5) is 0 Å². The summed E-state index contributed by atoms with van der Waals surface area (Å²) in [7, 11) is 3.39. The first kappa shape index (κ1) is 18.8. The Morgan fingerprint density at radius 1 is 0.684 bits per heavy atom. The molecule has 0 unspecified atom stereocenters. The summed E-state index contributed by atoms with van der Waals surface area (Å²) in [5.41, 5.74) is 0. The molecule has 0 bridgehead atoms. The smallest absolute Gasteiger partial charge is 0.101 e. The quantitative estimate of drug-likeness (QED) is 0.428. The minimum Gasteiger partial charge on any atom is -0.382 e. The van der Waals surface area contributed by atoms with Crippen LogP contribution in [-0.4, -0.2) is 73.5 Å². The molecule has 0 atom stereocenters. The molecule has 0 radical (unpaired) electrons. The highest BCUT2D eigenvalue weighted by molar-refractivity contribution is 4.37. The van der Waals surface area contributed by atoms with Crippen molar-refractivity contribution in [3.8, 4) is 0 Å². The van der Waals surface area contributed by atoms with Gasteiger partial charge in [0.1, 0.15) is 13.1 Å². The van der Waals surface area contributed by atoms with E-state index in [1.807, 2.05) is 0 Å². The van der Waals surface area contributed by atoms with Gasteiger partial charge in [0.15, 0.2) is 0 Å². The standard InChI is InChI=1S/C14H31NO4/c1-4-5-6-15(7-9-18-13-11-16-2)8-10-19-14-12-17-3/h4-14H2,1-3H3/p+1. The number of methoxy groups -OCH3 is 2. The van der Waals surface area contributed by atoms with Gasteiger partial charge < -0.3 is 23.8 Å². The van der Waals surface area contributed by atoms with E-state index in [2.05, 4.69) is 6.92 Å². The highest BCUT2D eigenvalue weighted by Crippen LogP contribution is 1.81. The van der Waals surface area contributed by atoms with Crippen molar-refractivity contribution in [2.24, 2.45) is 0 Å². The van der Waals surface area contributed by atoms with Crippen LogP contribution in [0.25, 0.3) is 0 Å². The second-order valence-electron chi connectivity index (χ2n) is 4.56. The van der Waals surface area contributed by atoms with Gasteiger partial charge in [0.05, 0.1) is 46.2 Å². The molecule has 0 spiro atoms. The summed E-state index contributed by atoms with van der Waals surface area (Å²) in [5.74, 6) is 0. The van der Waals surface area contributed by atoms with Crippen LogP contribution in [0.1, 0.15) is 19.8 Å². The first-order valence-corrected chi connectivity index (χ1v) is 7.32. The lowest BCUT2D eigenvalue weighted by molar-refractivity contribution is -0.901. The van der Waals surface area contributed by atoms with E-state index < -0.39 is 0 Å². The van der Waals surface area contributed by atoms with Crippen molar-refractivity contribution in [1.82, 2.24) is 0 Å². The Morgan fingerprint density at radius 2 is 1.21 bits per heavy atom. The number of nitrogens with one attached hydrogen (secondary N) is 1. The molecule has 1 N–H and O–H groups in total. The molecule has 0 aliphatic carbocycles. The van der Waals surface area contributed by atoms with Crippen LogP contribution in [-0.2, 0) is 18.9 Å². The molecule has 5 heteroatoms. The molecule has 0 aromatic rings. The van der Waals surface area contributed by atoms with Crippen LogP contribution in [0.2, 0.25) is 0 Å². The summed E-state index contributed by atoms with van der Waals surface area (Å²) in [5, 5.41) is 0. The number of rotatable bonds is 15. The Balaban J connectivity index is 3.57. The molecule has 0 aromatic carbocycles. The molecule has 19 heavy (non-hydrogen) atoms. The van der Waals surface area contributed by atoms with E-state index in [1.165, 1.54) is 19.4 Å². The Bertz CT molecular complexity index is 156. The van der Waals surface area contributed by atoms with Gasteiger partial charge in [0, 0.05) is 14.2 Å². The summed E-state index contributed by atoms with van der Waals surface area (Å²) < 4.78 is 21.0. The van der Waals surface area contributed by atoms with Gasteiger partial charge in [-0.25, -0.2) is 0 Å². The minimum absolute atomic E-state index is 0.671. The maximum Gasteiger partial charge on any atom is 0.101 e. The molecular formula is C14H32NO4+. The largest absolute Gasteiger partial charge is 0.382 e. The van der Waals surface area contributed by atoms with Crippen molar-refractivity contribution in [2.45, 2.75) is 19.8 Å². The maximum absolute atomic E-state index is 5.52. The van der Waals surface area contributed by atoms with Gasteiger partial charge in [-0.2, -0.15) is 0 Å². The molecule has 116 valence electrons. The maximum atomic E-state index is 5.52. The van der Waals surface area contributed by atoms with Crippen molar-refractivity contribution < 1.29 is 23.8 Å². The van der Waals surface area contributed by atoms with E-state index in [1.54, 1.807) is 19.1 Å². The van der Waals surface area contributed by atoms with Crippen LogP contribution in [0.5, 0.6) is 0 Å². The second kappa shape index (κ2) is 15.9. The van der Waals surface area contributed by atoms with Crippen LogP contribution in [0, 0.1) is 0 Å². The monoisotopic (exact) mass is 278 g/mol. The highest BCUT2D eigenvalue weighted by Gasteiger charge is 2.07. The van der Waals surface area contributed by atoms with Gasteiger partial charge in [-0.3, -0.25) is 0 Å². The van der Waals surface area contributed by atoms with E-state index in [9.17, 15) is 0 Å². The summed E-state index contributed by atoms with van der Waals surface area (Å²) >= 11 is 0. The number of hydrogen-bond donors (Lipinski definition) is 1. The van der Waals surface area contributed by atoms with Gasteiger partial charge in [0.2, 0.25) is 0 Å². The van der Waals surface area contributed by atoms with Crippen molar-refractivity contribution in [2.75, 3.05) is 73.5 Å². The van der Waals surface area contributed by atoms with E-state index in [0.29, 0.717) is 26.4 Å². The first-order chi connectivity index (χ1) is 9.35. The van der Waals surface area contributed by atoms with E-state index in [-0.39, 0.29) is 0 Å². The Kier molecular flexibility index (Phi) is 15.7. The molecule has 0 saturated heterocycles. The van der Waals surface area contributed by atoms with Crippen molar-refractivity contribution in [3.63, 3.8) is 0 Å². The Morgan fingerprint density at radius 3 is 1.63 bits per heavy atom. The summed E-state index contributed by atoms with van der Waals surface area (Å²) in [6, 6.07) is 0. The molecule has 0 saturated carbocycles. The summed E-state index contributed by atoms with van der Waals surface area (Å²) in [6.07, 6.45) is 2.49. The topological polar surface area (TPSA) is 41.4 Å². The number of unbranched alkanes of at least 4 members (excludes halogenated alkanes) is 1. The summed E-state index contributed by atoms with van der Waals surface area (Å²) in [4.78, 5) is 1.55. The van der Waals surface area contributed by atoms with E-state index in [0.717, 1.165) is 26.3 Å². The molecule has 0 aromatic heterocycles. The zero-order valence-corrected chi connectivity index (χ0v) is 12.9. The van der Waals surface area contributed by atoms with Crippen molar-refractivity contribution in [1.29, 1.82) is 0 Å². The zero-order chi connectivity index (χ0) is 14.2. The van der Waals surface area contributed by atoms with E-state index in [4.69, 9.17) is 18.9 Å². The normalized spacial score (nSPS) is 11.4. The number of hydrogen-bond acceptors (Lipinski definition) is 4. The van der Waals surface area contributed by atoms with Gasteiger partial charge in [0.25, 0.3) is 0 Å². The predicted octanol–water partition coefficient (Wildman–Crippen LogP) is -0.00260. The molecule has 5 nitrogen and oxygen atoms in total. The van der Waals surface area contributed by atoms with Gasteiger partial charge in [-0.15, -0.1) is 0 Å². The lowest BCUT2D eigenvalue weighted by Gasteiger charge is -2.19. The van der Waals surface area contributed by atoms with Gasteiger partial charge >= 0.3 is 0 Å². The molecule has 0 aliphatic rings. The molecule has 0 fully saturated rings. The molecule has 0 rings (SSSR count). The van der Waals surface area contributed by atoms with Crippen LogP contribution in [0.15, 0.2) is 0 Å². The Labute approximate surface area is 118 Å². The fraction of sp³-hybridized carbons (Fsp3) is 1.00. The lowest BCUT2D eigenvalue weighted by atomic mass is 10.3. The molecule has 0 amide bonds. The fourth-order valence-electron chi connectivity index (χ4n) is 1.72. The minimum atomic E-state index is 0.671. The van der Waals surface area contributed by atoms with Gasteiger partial charge in [-0.1, -0.05) is 13.3 Å². The Hall–Kier alpha value is -0.200. The predicted molar refractivity (Wildman–Crippen MR) is 75.9 cm³/mol. The third kappa shape index (κ3) is 14.0. The molecule has 0 heterocycles. The van der Waals surface area contributed by atoms with Crippen molar-refractivity contribution >= 4 is 0 Å². The van der Waals surface area contributed by atoms with Gasteiger partial charge in [-0.05, 0) is 6.42 Å². The molecule has 0 aliphatic heterocycles. The van der Waals surface area contributed by atoms with E-state index >= 15 is 0 Å². The number of ether oxygens (including phenoxy) is 4. The average molecular weight is 278 g/mol. The lowest BCUT2D eigenvalue weighted by Crippen LogP contribution is -3.13. The van der Waals surface area contributed by atoms with Crippen LogP contribution < -0.4 is 4.90 Å².